The highest BCUT2D eigenvalue weighted by Crippen LogP contribution is 2.19. The quantitative estimate of drug-likeness (QED) is 0.865. The number of pyridine rings is 1. The molecular formula is C11H15FN2O3. The zero-order chi connectivity index (χ0) is 13.1. The Labute approximate surface area is 98.9 Å². The predicted molar refractivity (Wildman–Crippen MR) is 60.6 cm³/mol. The average molecular weight is 242 g/mol. The number of nitrogens with zero attached hydrogens (tertiary/aromatic N) is 1. The van der Waals surface area contributed by atoms with Crippen molar-refractivity contribution >= 4 is 11.9 Å². The Balaban J connectivity index is 2.72. The van der Waals surface area contributed by atoms with E-state index in [1.807, 2.05) is 0 Å². The second-order valence-electron chi connectivity index (χ2n) is 4.33. The molecule has 1 rings (SSSR count). The zero-order valence-electron chi connectivity index (χ0n) is 10.2. The normalized spacial score (nSPS) is 10.9. The maximum Gasteiger partial charge on any atom is 0.413 e. The molecule has 0 aromatic carbocycles. The topological polar surface area (TPSA) is 60.5 Å². The number of hydrogen-bond acceptors (Lipinski definition) is 4. The minimum atomic E-state index is -0.654. The van der Waals surface area contributed by atoms with E-state index in [1.54, 1.807) is 20.8 Å². The fourth-order valence-electron chi connectivity index (χ4n) is 1.05. The number of anilines is 1. The Bertz CT molecular complexity index is 416. The molecule has 5 nitrogen and oxygen atoms in total. The zero-order valence-corrected chi connectivity index (χ0v) is 10.2. The lowest BCUT2D eigenvalue weighted by Gasteiger charge is -2.19. The van der Waals surface area contributed by atoms with Crippen LogP contribution in [0.3, 0.4) is 0 Å². The second-order valence-corrected chi connectivity index (χ2v) is 4.33. The third-order valence-electron chi connectivity index (χ3n) is 1.67. The summed E-state index contributed by atoms with van der Waals surface area (Å²) in [6.07, 6.45) is 0.310. The minimum Gasteiger partial charge on any atom is -0.493 e. The van der Waals surface area contributed by atoms with E-state index in [-0.39, 0.29) is 11.6 Å². The summed E-state index contributed by atoms with van der Waals surface area (Å²) in [4.78, 5) is 15.1. The third kappa shape index (κ3) is 4.26. The number of carbonyl (C=O) groups is 1. The molecule has 0 atom stereocenters. The van der Waals surface area contributed by atoms with Gasteiger partial charge in [0.05, 0.1) is 13.3 Å². The molecule has 0 unspecified atom stereocenters. The van der Waals surface area contributed by atoms with E-state index in [0.29, 0.717) is 0 Å². The van der Waals surface area contributed by atoms with Crippen LogP contribution < -0.4 is 10.1 Å². The number of carbonyl (C=O) groups excluding carboxylic acids is 1. The monoisotopic (exact) mass is 242 g/mol. The summed E-state index contributed by atoms with van der Waals surface area (Å²) in [6, 6.07) is 1.28. The molecule has 94 valence electrons. The van der Waals surface area contributed by atoms with Crippen molar-refractivity contribution in [2.45, 2.75) is 26.4 Å². The molecule has 1 amide bonds. The van der Waals surface area contributed by atoms with Crippen molar-refractivity contribution in [3.63, 3.8) is 0 Å². The van der Waals surface area contributed by atoms with E-state index in [2.05, 4.69) is 10.3 Å². The SMILES string of the molecule is COc1cc(NC(=O)OC(C)(C)C)ncc1F. The molecule has 1 aromatic rings. The fourth-order valence-corrected chi connectivity index (χ4v) is 1.05. The number of rotatable bonds is 2. The van der Waals surface area contributed by atoms with Crippen molar-refractivity contribution in [2.75, 3.05) is 12.4 Å². The highest BCUT2D eigenvalue weighted by molar-refractivity contribution is 5.83. The molecule has 0 radical (unpaired) electrons. The predicted octanol–water partition coefficient (Wildman–Crippen LogP) is 2.58. The lowest BCUT2D eigenvalue weighted by molar-refractivity contribution is 0.0635. The summed E-state index contributed by atoms with van der Waals surface area (Å²) < 4.78 is 22.8. The molecule has 17 heavy (non-hydrogen) atoms. The number of methoxy groups -OCH3 is 1. The van der Waals surface area contributed by atoms with Crippen LogP contribution in [0, 0.1) is 5.82 Å². The van der Waals surface area contributed by atoms with Crippen LogP contribution in [0.2, 0.25) is 0 Å². The average Bonchev–Trinajstić information content (AvgIpc) is 2.18. The first-order valence-corrected chi connectivity index (χ1v) is 5.01. The van der Waals surface area contributed by atoms with Crippen LogP contribution in [0.15, 0.2) is 12.3 Å². The Morgan fingerprint density at radius 3 is 2.65 bits per heavy atom. The first kappa shape index (κ1) is 13.2. The maximum atomic E-state index is 13.0. The molecule has 0 aliphatic heterocycles. The molecule has 0 saturated carbocycles. The summed E-state index contributed by atoms with van der Waals surface area (Å²) in [6.45, 7) is 5.22. The number of aromatic nitrogens is 1. The van der Waals surface area contributed by atoms with Gasteiger partial charge >= 0.3 is 6.09 Å². The summed E-state index contributed by atoms with van der Waals surface area (Å²) >= 11 is 0. The lowest BCUT2D eigenvalue weighted by Crippen LogP contribution is -2.27. The minimum absolute atomic E-state index is 0.00561. The molecule has 0 saturated heterocycles. The van der Waals surface area contributed by atoms with Crippen molar-refractivity contribution < 1.29 is 18.7 Å². The number of nitrogens with one attached hydrogen (secondary N) is 1. The molecule has 0 spiro atoms. The lowest BCUT2D eigenvalue weighted by atomic mass is 10.2. The van der Waals surface area contributed by atoms with E-state index in [4.69, 9.17) is 9.47 Å². The Hall–Kier alpha value is -1.85. The molecule has 1 aromatic heterocycles. The summed E-state index contributed by atoms with van der Waals surface area (Å²) in [5, 5.41) is 2.38. The van der Waals surface area contributed by atoms with Crippen LogP contribution in [0.4, 0.5) is 15.0 Å². The van der Waals surface area contributed by atoms with Gasteiger partial charge in [-0.05, 0) is 20.8 Å². The van der Waals surface area contributed by atoms with Gasteiger partial charge in [0.25, 0.3) is 0 Å². The summed E-state index contributed by atoms with van der Waals surface area (Å²) in [5.74, 6) is -0.425. The Morgan fingerprint density at radius 1 is 1.47 bits per heavy atom. The fraction of sp³-hybridized carbons (Fsp3) is 0.455. The highest BCUT2D eigenvalue weighted by atomic mass is 19.1. The van der Waals surface area contributed by atoms with E-state index in [1.165, 1.54) is 13.2 Å². The smallest absolute Gasteiger partial charge is 0.413 e. The Morgan fingerprint density at radius 2 is 2.12 bits per heavy atom. The van der Waals surface area contributed by atoms with Crippen LogP contribution in [0.25, 0.3) is 0 Å². The van der Waals surface area contributed by atoms with Crippen molar-refractivity contribution in [3.05, 3.63) is 18.1 Å². The number of ether oxygens (including phenoxy) is 2. The number of amides is 1. The van der Waals surface area contributed by atoms with Gasteiger partial charge in [-0.3, -0.25) is 5.32 Å². The molecule has 0 bridgehead atoms. The second kappa shape index (κ2) is 4.99. The van der Waals surface area contributed by atoms with E-state index >= 15 is 0 Å². The van der Waals surface area contributed by atoms with Crippen molar-refractivity contribution in [1.29, 1.82) is 0 Å². The van der Waals surface area contributed by atoms with Crippen molar-refractivity contribution in [2.24, 2.45) is 0 Å². The first-order chi connectivity index (χ1) is 7.81. The molecule has 0 aliphatic rings. The molecule has 0 aliphatic carbocycles. The summed E-state index contributed by atoms with van der Waals surface area (Å²) in [7, 11) is 1.33. The Kier molecular flexibility index (Phi) is 3.88. The third-order valence-corrected chi connectivity index (χ3v) is 1.67. The van der Waals surface area contributed by atoms with Gasteiger partial charge in [-0.15, -0.1) is 0 Å². The van der Waals surface area contributed by atoms with Crippen LogP contribution in [0.5, 0.6) is 5.75 Å². The van der Waals surface area contributed by atoms with Gasteiger partial charge in [0.2, 0.25) is 0 Å². The van der Waals surface area contributed by atoms with Crippen molar-refractivity contribution in [3.8, 4) is 5.75 Å². The molecule has 1 heterocycles. The molecule has 6 heteroatoms. The molecule has 0 fully saturated rings. The molecule has 1 N–H and O–H groups in total. The van der Waals surface area contributed by atoms with Gasteiger partial charge < -0.3 is 9.47 Å². The van der Waals surface area contributed by atoms with Gasteiger partial charge in [0.15, 0.2) is 11.6 Å². The number of hydrogen-bond donors (Lipinski definition) is 1. The van der Waals surface area contributed by atoms with Crippen LogP contribution >= 0.6 is 0 Å². The van der Waals surface area contributed by atoms with Crippen LogP contribution in [0.1, 0.15) is 20.8 Å². The number of halogens is 1. The van der Waals surface area contributed by atoms with Gasteiger partial charge in [-0.1, -0.05) is 0 Å². The highest BCUT2D eigenvalue weighted by Gasteiger charge is 2.17. The van der Waals surface area contributed by atoms with Crippen LogP contribution in [-0.4, -0.2) is 23.8 Å². The van der Waals surface area contributed by atoms with E-state index < -0.39 is 17.5 Å². The maximum absolute atomic E-state index is 13.0. The standard InChI is InChI=1S/C11H15FN2O3/c1-11(2,3)17-10(15)14-9-5-8(16-4)7(12)6-13-9/h5-6H,1-4H3,(H,13,14,15). The van der Waals surface area contributed by atoms with Gasteiger partial charge in [-0.2, -0.15) is 0 Å². The van der Waals surface area contributed by atoms with E-state index in [0.717, 1.165) is 6.20 Å². The first-order valence-electron chi connectivity index (χ1n) is 5.01. The van der Waals surface area contributed by atoms with E-state index in [9.17, 15) is 9.18 Å². The van der Waals surface area contributed by atoms with Gasteiger partial charge in [0.1, 0.15) is 11.4 Å². The summed E-state index contributed by atoms with van der Waals surface area (Å²) in [5.41, 5.74) is -0.603. The largest absolute Gasteiger partial charge is 0.493 e. The van der Waals surface area contributed by atoms with Crippen molar-refractivity contribution in [1.82, 2.24) is 4.98 Å². The van der Waals surface area contributed by atoms with Crippen LogP contribution in [-0.2, 0) is 4.74 Å². The molecular weight excluding hydrogens is 227 g/mol. The van der Waals surface area contributed by atoms with Gasteiger partial charge in [-0.25, -0.2) is 14.2 Å². The van der Waals surface area contributed by atoms with Gasteiger partial charge in [0, 0.05) is 6.07 Å².